The molecule has 1 aliphatic rings. The van der Waals surface area contributed by atoms with Crippen LogP contribution in [-0.2, 0) is 6.54 Å². The maximum absolute atomic E-state index is 11.9. The first-order chi connectivity index (χ1) is 8.69. The van der Waals surface area contributed by atoms with E-state index in [1.807, 2.05) is 0 Å². The third-order valence-corrected chi connectivity index (χ3v) is 3.51. The summed E-state index contributed by atoms with van der Waals surface area (Å²) in [6.45, 7) is 3.30. The molecule has 2 rings (SSSR count). The van der Waals surface area contributed by atoms with Gasteiger partial charge < -0.3 is 20.4 Å². The van der Waals surface area contributed by atoms with Crippen molar-refractivity contribution < 1.29 is 9.21 Å². The number of rotatable bonds is 4. The molecule has 0 bridgehead atoms. The highest BCUT2D eigenvalue weighted by Gasteiger charge is 2.18. The lowest BCUT2D eigenvalue weighted by Crippen LogP contribution is -2.36. The van der Waals surface area contributed by atoms with Gasteiger partial charge in [0.15, 0.2) is 0 Å². The summed E-state index contributed by atoms with van der Waals surface area (Å²) in [5.41, 5.74) is 6.00. The van der Waals surface area contributed by atoms with Crippen molar-refractivity contribution in [2.75, 3.05) is 26.7 Å². The average molecular weight is 251 g/mol. The molecular formula is C13H21N3O2. The Kier molecular flexibility index (Phi) is 4.38. The predicted molar refractivity (Wildman–Crippen MR) is 69.2 cm³/mol. The molecule has 0 radical (unpaired) electrons. The fourth-order valence-corrected chi connectivity index (χ4v) is 2.21. The lowest BCUT2D eigenvalue weighted by Gasteiger charge is -2.28. The van der Waals surface area contributed by atoms with Gasteiger partial charge in [-0.2, -0.15) is 0 Å². The summed E-state index contributed by atoms with van der Waals surface area (Å²) < 4.78 is 5.15. The van der Waals surface area contributed by atoms with E-state index >= 15 is 0 Å². The number of hydrogen-bond acceptors (Lipinski definition) is 4. The fourth-order valence-electron chi connectivity index (χ4n) is 2.21. The van der Waals surface area contributed by atoms with Crippen molar-refractivity contribution in [2.45, 2.75) is 19.4 Å². The van der Waals surface area contributed by atoms with Crippen LogP contribution in [0, 0.1) is 5.92 Å². The van der Waals surface area contributed by atoms with Gasteiger partial charge in [-0.1, -0.05) is 0 Å². The second-order valence-electron chi connectivity index (χ2n) is 4.96. The van der Waals surface area contributed by atoms with Crippen LogP contribution in [0.1, 0.15) is 29.0 Å². The number of piperidine rings is 1. The Hall–Kier alpha value is -1.33. The first-order valence-corrected chi connectivity index (χ1v) is 6.43. The Balaban J connectivity index is 1.77. The molecule has 0 saturated carbocycles. The molecule has 1 saturated heterocycles. The monoisotopic (exact) mass is 251 g/mol. The molecule has 5 heteroatoms. The summed E-state index contributed by atoms with van der Waals surface area (Å²) in [6, 6.07) is 1.70. The van der Waals surface area contributed by atoms with Crippen LogP contribution in [0.3, 0.4) is 0 Å². The molecule has 0 atom stereocenters. The number of nitrogens with two attached hydrogens (primary N) is 1. The van der Waals surface area contributed by atoms with Gasteiger partial charge in [0.2, 0.25) is 0 Å². The van der Waals surface area contributed by atoms with Crippen molar-refractivity contribution in [2.24, 2.45) is 11.7 Å². The smallest absolute Gasteiger partial charge is 0.254 e. The highest BCUT2D eigenvalue weighted by Crippen LogP contribution is 2.15. The number of likely N-dealkylation sites (tertiary alicyclic amines) is 1. The number of carbonyl (C=O) groups is 1. The maximum atomic E-state index is 11.9. The first-order valence-electron chi connectivity index (χ1n) is 6.43. The van der Waals surface area contributed by atoms with Gasteiger partial charge in [-0.25, -0.2) is 0 Å². The minimum absolute atomic E-state index is 0.0719. The maximum Gasteiger partial charge on any atom is 0.254 e. The summed E-state index contributed by atoms with van der Waals surface area (Å²) in [5, 5.41) is 2.96. The minimum atomic E-state index is -0.0719. The Bertz CT molecular complexity index is 395. The second-order valence-corrected chi connectivity index (χ2v) is 4.96. The largest absolute Gasteiger partial charge is 0.467 e. The zero-order valence-corrected chi connectivity index (χ0v) is 10.8. The number of hydrogen-bond donors (Lipinski definition) is 2. The molecule has 3 N–H and O–H groups in total. The highest BCUT2D eigenvalue weighted by molar-refractivity contribution is 5.93. The van der Waals surface area contributed by atoms with E-state index in [0.717, 1.165) is 32.5 Å². The first kappa shape index (κ1) is 13.1. The van der Waals surface area contributed by atoms with Crippen LogP contribution in [0.5, 0.6) is 0 Å². The van der Waals surface area contributed by atoms with Gasteiger partial charge in [0, 0.05) is 6.54 Å². The summed E-state index contributed by atoms with van der Waals surface area (Å²) in [4.78, 5) is 14.2. The molecule has 0 spiro atoms. The van der Waals surface area contributed by atoms with E-state index in [1.54, 1.807) is 6.07 Å². The van der Waals surface area contributed by atoms with Crippen LogP contribution in [0.25, 0.3) is 0 Å². The van der Waals surface area contributed by atoms with Gasteiger partial charge in [-0.05, 0) is 45.0 Å². The number of nitrogens with zero attached hydrogens (tertiary/aromatic N) is 1. The van der Waals surface area contributed by atoms with Crippen LogP contribution in [0.4, 0.5) is 0 Å². The van der Waals surface area contributed by atoms with E-state index in [4.69, 9.17) is 10.2 Å². The van der Waals surface area contributed by atoms with Gasteiger partial charge in [0.25, 0.3) is 5.91 Å². The van der Waals surface area contributed by atoms with Crippen LogP contribution < -0.4 is 11.1 Å². The third-order valence-electron chi connectivity index (χ3n) is 3.51. The topological polar surface area (TPSA) is 71.5 Å². The summed E-state index contributed by atoms with van der Waals surface area (Å²) in [5.74, 6) is 1.16. The van der Waals surface area contributed by atoms with E-state index in [9.17, 15) is 4.79 Å². The molecule has 1 aromatic rings. The van der Waals surface area contributed by atoms with Gasteiger partial charge >= 0.3 is 0 Å². The molecule has 0 aliphatic carbocycles. The molecule has 1 fully saturated rings. The van der Waals surface area contributed by atoms with E-state index in [1.165, 1.54) is 6.26 Å². The van der Waals surface area contributed by atoms with E-state index in [0.29, 0.717) is 23.8 Å². The van der Waals surface area contributed by atoms with E-state index < -0.39 is 0 Å². The summed E-state index contributed by atoms with van der Waals surface area (Å²) >= 11 is 0. The van der Waals surface area contributed by atoms with Crippen LogP contribution >= 0.6 is 0 Å². The Morgan fingerprint density at radius 2 is 2.28 bits per heavy atom. The lowest BCUT2D eigenvalue weighted by atomic mass is 9.97. The van der Waals surface area contributed by atoms with Crippen molar-refractivity contribution in [3.05, 3.63) is 23.7 Å². The average Bonchev–Trinajstić information content (AvgIpc) is 2.86. The van der Waals surface area contributed by atoms with E-state index in [-0.39, 0.29) is 5.91 Å². The van der Waals surface area contributed by atoms with Gasteiger partial charge in [0.1, 0.15) is 12.0 Å². The van der Waals surface area contributed by atoms with Crippen LogP contribution in [-0.4, -0.2) is 37.5 Å². The van der Waals surface area contributed by atoms with Crippen molar-refractivity contribution in [3.63, 3.8) is 0 Å². The standard InChI is InChI=1S/C13H21N3O2/c1-16-4-2-10(3-5-16)8-15-13(17)11-6-12(7-14)18-9-11/h6,9-10H,2-5,7-8,14H2,1H3,(H,15,17). The molecule has 1 amide bonds. The zero-order chi connectivity index (χ0) is 13.0. The molecule has 18 heavy (non-hydrogen) atoms. The Morgan fingerprint density at radius 1 is 1.56 bits per heavy atom. The lowest BCUT2D eigenvalue weighted by molar-refractivity contribution is 0.0938. The van der Waals surface area contributed by atoms with Crippen molar-refractivity contribution in [3.8, 4) is 0 Å². The van der Waals surface area contributed by atoms with Crippen molar-refractivity contribution >= 4 is 5.91 Å². The van der Waals surface area contributed by atoms with Gasteiger partial charge in [-0.15, -0.1) is 0 Å². The molecule has 100 valence electrons. The fraction of sp³-hybridized carbons (Fsp3) is 0.615. The van der Waals surface area contributed by atoms with Gasteiger partial charge in [0.05, 0.1) is 12.1 Å². The van der Waals surface area contributed by atoms with Crippen molar-refractivity contribution in [1.82, 2.24) is 10.2 Å². The zero-order valence-electron chi connectivity index (χ0n) is 10.8. The molecule has 0 unspecified atom stereocenters. The Labute approximate surface area is 107 Å². The Morgan fingerprint density at radius 3 is 2.89 bits per heavy atom. The number of amides is 1. The quantitative estimate of drug-likeness (QED) is 0.830. The minimum Gasteiger partial charge on any atom is -0.467 e. The molecule has 1 aliphatic heterocycles. The molecule has 2 heterocycles. The second kappa shape index (κ2) is 6.02. The van der Waals surface area contributed by atoms with Crippen LogP contribution in [0.15, 0.2) is 16.7 Å². The number of nitrogens with one attached hydrogen (secondary N) is 1. The number of carbonyl (C=O) groups excluding carboxylic acids is 1. The molecule has 5 nitrogen and oxygen atoms in total. The molecular weight excluding hydrogens is 230 g/mol. The molecule has 1 aromatic heterocycles. The predicted octanol–water partition coefficient (Wildman–Crippen LogP) is 0.810. The third kappa shape index (κ3) is 3.34. The summed E-state index contributed by atoms with van der Waals surface area (Å²) in [6.07, 6.45) is 3.76. The van der Waals surface area contributed by atoms with E-state index in [2.05, 4.69) is 17.3 Å². The normalized spacial score (nSPS) is 17.9. The van der Waals surface area contributed by atoms with Crippen LogP contribution in [0.2, 0.25) is 0 Å². The molecule has 0 aromatic carbocycles. The summed E-state index contributed by atoms with van der Waals surface area (Å²) in [7, 11) is 2.13. The SMILES string of the molecule is CN1CCC(CNC(=O)c2coc(CN)c2)CC1. The number of furan rings is 1. The van der Waals surface area contributed by atoms with Crippen molar-refractivity contribution in [1.29, 1.82) is 0 Å². The highest BCUT2D eigenvalue weighted by atomic mass is 16.3. The van der Waals surface area contributed by atoms with Gasteiger partial charge in [-0.3, -0.25) is 4.79 Å².